The summed E-state index contributed by atoms with van der Waals surface area (Å²) in [5, 5.41) is 2.97. The number of nitrogens with one attached hydrogen (secondary N) is 1. The van der Waals surface area contributed by atoms with E-state index in [2.05, 4.69) is 24.4 Å². The van der Waals surface area contributed by atoms with Gasteiger partial charge in [-0.1, -0.05) is 43.3 Å². The highest BCUT2D eigenvalue weighted by Crippen LogP contribution is 2.20. The van der Waals surface area contributed by atoms with E-state index in [1.54, 1.807) is 0 Å². The van der Waals surface area contributed by atoms with Gasteiger partial charge in [0.1, 0.15) is 0 Å². The standard InChI is InChI=1S/C17H20N2OS/c1-13(14-6-3-2-4-7-14)11-19-17(20)12-21-16-9-5-8-15(18)10-16/h2-10,13H,11-12,18H2,1H3,(H,19,20). The lowest BCUT2D eigenvalue weighted by Crippen LogP contribution is -2.28. The summed E-state index contributed by atoms with van der Waals surface area (Å²) in [5.41, 5.74) is 7.67. The van der Waals surface area contributed by atoms with Crippen LogP contribution in [0.15, 0.2) is 59.5 Å². The quantitative estimate of drug-likeness (QED) is 0.636. The minimum absolute atomic E-state index is 0.0465. The molecule has 3 nitrogen and oxygen atoms in total. The molecule has 0 bridgehead atoms. The van der Waals surface area contributed by atoms with Crippen molar-refractivity contribution in [3.8, 4) is 0 Å². The summed E-state index contributed by atoms with van der Waals surface area (Å²) in [6, 6.07) is 17.8. The van der Waals surface area contributed by atoms with Crippen molar-refractivity contribution in [3.63, 3.8) is 0 Å². The zero-order chi connectivity index (χ0) is 15.1. The molecule has 0 saturated carbocycles. The number of benzene rings is 2. The van der Waals surface area contributed by atoms with Gasteiger partial charge in [0, 0.05) is 17.1 Å². The van der Waals surface area contributed by atoms with E-state index < -0.39 is 0 Å². The molecule has 2 rings (SSSR count). The fraction of sp³-hybridized carbons (Fsp3) is 0.235. The van der Waals surface area contributed by atoms with Gasteiger partial charge in [-0.05, 0) is 29.7 Å². The maximum absolute atomic E-state index is 11.9. The van der Waals surface area contributed by atoms with Crippen LogP contribution < -0.4 is 11.1 Å². The molecule has 0 radical (unpaired) electrons. The molecule has 0 heterocycles. The summed E-state index contributed by atoms with van der Waals surface area (Å²) in [5.74, 6) is 0.767. The highest BCUT2D eigenvalue weighted by atomic mass is 32.2. The number of rotatable bonds is 6. The van der Waals surface area contributed by atoms with Gasteiger partial charge in [-0.25, -0.2) is 0 Å². The number of hydrogen-bond acceptors (Lipinski definition) is 3. The van der Waals surface area contributed by atoms with Crippen LogP contribution >= 0.6 is 11.8 Å². The number of thioether (sulfide) groups is 1. The van der Waals surface area contributed by atoms with Crippen molar-refractivity contribution in [1.82, 2.24) is 5.32 Å². The maximum atomic E-state index is 11.9. The molecule has 2 aromatic carbocycles. The molecule has 0 aliphatic carbocycles. The van der Waals surface area contributed by atoms with E-state index in [1.165, 1.54) is 17.3 Å². The largest absolute Gasteiger partial charge is 0.399 e. The van der Waals surface area contributed by atoms with Crippen molar-refractivity contribution in [2.24, 2.45) is 0 Å². The van der Waals surface area contributed by atoms with Crippen LogP contribution in [0.2, 0.25) is 0 Å². The van der Waals surface area contributed by atoms with Crippen LogP contribution in [0.3, 0.4) is 0 Å². The van der Waals surface area contributed by atoms with Crippen molar-refractivity contribution in [1.29, 1.82) is 0 Å². The number of hydrogen-bond donors (Lipinski definition) is 2. The minimum atomic E-state index is 0.0465. The summed E-state index contributed by atoms with van der Waals surface area (Å²) in [6.45, 7) is 2.76. The van der Waals surface area contributed by atoms with Gasteiger partial charge in [0.05, 0.1) is 5.75 Å². The summed E-state index contributed by atoms with van der Waals surface area (Å²) in [6.07, 6.45) is 0. The number of nitrogens with two attached hydrogens (primary N) is 1. The average Bonchev–Trinajstić information content (AvgIpc) is 2.51. The molecular formula is C17H20N2OS. The van der Waals surface area contributed by atoms with E-state index in [9.17, 15) is 4.79 Å². The molecular weight excluding hydrogens is 280 g/mol. The molecule has 0 aromatic heterocycles. The Morgan fingerprint density at radius 3 is 2.67 bits per heavy atom. The highest BCUT2D eigenvalue weighted by molar-refractivity contribution is 8.00. The summed E-state index contributed by atoms with van der Waals surface area (Å²) in [4.78, 5) is 12.9. The van der Waals surface area contributed by atoms with E-state index in [0.29, 0.717) is 18.2 Å². The van der Waals surface area contributed by atoms with Gasteiger partial charge in [0.2, 0.25) is 5.91 Å². The third kappa shape index (κ3) is 5.16. The molecule has 3 N–H and O–H groups in total. The molecule has 1 amide bonds. The highest BCUT2D eigenvalue weighted by Gasteiger charge is 2.08. The van der Waals surface area contributed by atoms with Gasteiger partial charge in [-0.15, -0.1) is 11.8 Å². The predicted octanol–water partition coefficient (Wildman–Crippen LogP) is 3.28. The zero-order valence-corrected chi connectivity index (χ0v) is 12.9. The third-order valence-corrected chi connectivity index (χ3v) is 4.20. The van der Waals surface area contributed by atoms with Crippen LogP contribution in [0.4, 0.5) is 5.69 Å². The fourth-order valence-corrected chi connectivity index (χ4v) is 2.76. The maximum Gasteiger partial charge on any atom is 0.230 e. The number of nitrogen functional groups attached to an aromatic ring is 1. The van der Waals surface area contributed by atoms with Crippen LogP contribution in [0.5, 0.6) is 0 Å². The lowest BCUT2D eigenvalue weighted by Gasteiger charge is -2.13. The van der Waals surface area contributed by atoms with Crippen molar-refractivity contribution in [2.75, 3.05) is 18.0 Å². The fourth-order valence-electron chi connectivity index (χ4n) is 1.97. The van der Waals surface area contributed by atoms with Gasteiger partial charge in [-0.2, -0.15) is 0 Å². The second-order valence-electron chi connectivity index (χ2n) is 4.98. The third-order valence-electron chi connectivity index (χ3n) is 3.20. The smallest absolute Gasteiger partial charge is 0.230 e. The van der Waals surface area contributed by atoms with Crippen LogP contribution in [0.1, 0.15) is 18.4 Å². The van der Waals surface area contributed by atoms with Crippen LogP contribution in [0.25, 0.3) is 0 Å². The van der Waals surface area contributed by atoms with Gasteiger partial charge >= 0.3 is 0 Å². The molecule has 0 spiro atoms. The Hall–Kier alpha value is -1.94. The molecule has 2 aromatic rings. The van der Waals surface area contributed by atoms with Crippen LogP contribution in [0, 0.1) is 0 Å². The van der Waals surface area contributed by atoms with Gasteiger partial charge in [0.25, 0.3) is 0 Å². The SMILES string of the molecule is CC(CNC(=O)CSc1cccc(N)c1)c1ccccc1. The Morgan fingerprint density at radius 1 is 1.19 bits per heavy atom. The molecule has 110 valence electrons. The van der Waals surface area contributed by atoms with Gasteiger partial charge in [0.15, 0.2) is 0 Å². The first kappa shape index (κ1) is 15.4. The first-order chi connectivity index (χ1) is 10.1. The molecule has 0 aliphatic rings. The van der Waals surface area contributed by atoms with E-state index >= 15 is 0 Å². The van der Waals surface area contributed by atoms with E-state index in [1.807, 2.05) is 42.5 Å². The zero-order valence-electron chi connectivity index (χ0n) is 12.1. The first-order valence-corrected chi connectivity index (χ1v) is 7.93. The van der Waals surface area contributed by atoms with E-state index in [4.69, 9.17) is 5.73 Å². The molecule has 1 unspecified atom stereocenters. The second kappa shape index (κ2) is 7.74. The number of amides is 1. The second-order valence-corrected chi connectivity index (χ2v) is 6.03. The lowest BCUT2D eigenvalue weighted by molar-refractivity contribution is -0.118. The number of anilines is 1. The Balaban J connectivity index is 1.75. The van der Waals surface area contributed by atoms with Crippen molar-refractivity contribution < 1.29 is 4.79 Å². The number of carbonyl (C=O) groups is 1. The normalized spacial score (nSPS) is 11.9. The Bertz CT molecular complexity index is 586. The summed E-state index contributed by atoms with van der Waals surface area (Å²) >= 11 is 1.50. The van der Waals surface area contributed by atoms with Gasteiger partial charge in [-0.3, -0.25) is 4.79 Å². The Morgan fingerprint density at radius 2 is 1.95 bits per heavy atom. The van der Waals surface area contributed by atoms with Crippen molar-refractivity contribution in [2.45, 2.75) is 17.7 Å². The molecule has 0 fully saturated rings. The van der Waals surface area contributed by atoms with E-state index in [-0.39, 0.29) is 5.91 Å². The van der Waals surface area contributed by atoms with Gasteiger partial charge < -0.3 is 11.1 Å². The Labute approximate surface area is 129 Å². The minimum Gasteiger partial charge on any atom is -0.399 e. The average molecular weight is 300 g/mol. The lowest BCUT2D eigenvalue weighted by atomic mass is 10.0. The summed E-state index contributed by atoms with van der Waals surface area (Å²) in [7, 11) is 0. The van der Waals surface area contributed by atoms with Crippen molar-refractivity contribution >= 4 is 23.4 Å². The molecule has 0 saturated heterocycles. The first-order valence-electron chi connectivity index (χ1n) is 6.95. The molecule has 0 aliphatic heterocycles. The van der Waals surface area contributed by atoms with Crippen LogP contribution in [-0.4, -0.2) is 18.2 Å². The molecule has 1 atom stereocenters. The molecule has 4 heteroatoms. The van der Waals surface area contributed by atoms with Crippen molar-refractivity contribution in [3.05, 3.63) is 60.2 Å². The topological polar surface area (TPSA) is 55.1 Å². The summed E-state index contributed by atoms with van der Waals surface area (Å²) < 4.78 is 0. The Kier molecular flexibility index (Phi) is 5.69. The number of carbonyl (C=O) groups excluding carboxylic acids is 1. The monoisotopic (exact) mass is 300 g/mol. The molecule has 21 heavy (non-hydrogen) atoms. The predicted molar refractivity (Wildman–Crippen MR) is 89.4 cm³/mol. The van der Waals surface area contributed by atoms with Crippen LogP contribution in [-0.2, 0) is 4.79 Å². The van der Waals surface area contributed by atoms with E-state index in [0.717, 1.165) is 10.6 Å².